The molecule has 5 atom stereocenters. The molecule has 0 aliphatic carbocycles. The van der Waals surface area contributed by atoms with E-state index in [1.54, 1.807) is 37.3 Å². The zero-order valence-corrected chi connectivity index (χ0v) is 19.7. The number of amides is 4. The smallest absolute Gasteiger partial charge is 0.326 e. The van der Waals surface area contributed by atoms with Gasteiger partial charge in [-0.1, -0.05) is 50.6 Å². The topological polar surface area (TPSA) is 194 Å². The molecule has 1 aromatic rings. The van der Waals surface area contributed by atoms with Crippen molar-refractivity contribution in [3.8, 4) is 0 Å². The molecule has 0 heterocycles. The minimum Gasteiger partial charge on any atom is -0.480 e. The van der Waals surface area contributed by atoms with Crippen molar-refractivity contribution in [2.24, 2.45) is 17.4 Å². The highest BCUT2D eigenvalue weighted by Crippen LogP contribution is 2.07. The van der Waals surface area contributed by atoms with Crippen molar-refractivity contribution in [2.75, 3.05) is 0 Å². The van der Waals surface area contributed by atoms with Gasteiger partial charge in [0.25, 0.3) is 0 Å². The van der Waals surface area contributed by atoms with Crippen LogP contribution in [-0.2, 0) is 30.4 Å². The molecule has 0 saturated carbocycles. The van der Waals surface area contributed by atoms with Gasteiger partial charge in [-0.05, 0) is 24.8 Å². The zero-order valence-electron chi connectivity index (χ0n) is 19.7. The molecule has 0 radical (unpaired) electrons. The van der Waals surface area contributed by atoms with Crippen molar-refractivity contribution < 1.29 is 29.1 Å². The largest absolute Gasteiger partial charge is 0.480 e. The number of nitrogens with one attached hydrogen (secondary N) is 3. The van der Waals surface area contributed by atoms with Gasteiger partial charge >= 0.3 is 5.97 Å². The number of rotatable bonds is 14. The van der Waals surface area contributed by atoms with Gasteiger partial charge in [-0.25, -0.2) is 4.79 Å². The van der Waals surface area contributed by atoms with Gasteiger partial charge in [0.05, 0.1) is 6.04 Å². The van der Waals surface area contributed by atoms with Gasteiger partial charge < -0.3 is 32.5 Å². The van der Waals surface area contributed by atoms with Crippen molar-refractivity contribution in [3.63, 3.8) is 0 Å². The summed E-state index contributed by atoms with van der Waals surface area (Å²) in [4.78, 5) is 60.6. The van der Waals surface area contributed by atoms with Gasteiger partial charge in [-0.2, -0.15) is 0 Å². The Bertz CT molecular complexity index is 863. The molecule has 0 aromatic heterocycles. The standard InChI is InChI=1S/C23H35N5O6/c1-4-13(2)19(25)22(32)27-16(10-11-18(24)29)21(31)26-14(3)20(30)28-17(23(33)34)12-15-8-6-5-7-9-15/h5-9,13-14,16-17,19H,4,10-12,25H2,1-3H3,(H2,24,29)(H,26,31)(H,27,32)(H,28,30)(H,33,34). The van der Waals surface area contributed by atoms with Crippen LogP contribution in [0, 0.1) is 5.92 Å². The average Bonchev–Trinajstić information content (AvgIpc) is 2.80. The minimum absolute atomic E-state index is 0.0629. The van der Waals surface area contributed by atoms with E-state index in [2.05, 4.69) is 16.0 Å². The van der Waals surface area contributed by atoms with Crippen LogP contribution < -0.4 is 27.4 Å². The van der Waals surface area contributed by atoms with E-state index >= 15 is 0 Å². The number of nitrogens with two attached hydrogens (primary N) is 2. The SMILES string of the molecule is CCC(C)C(N)C(=O)NC(CCC(N)=O)C(=O)NC(C)C(=O)NC(Cc1ccccc1)C(=O)O. The summed E-state index contributed by atoms with van der Waals surface area (Å²) in [5, 5.41) is 16.8. The Kier molecular flexibility index (Phi) is 11.7. The normalized spacial score (nSPS) is 15.2. The van der Waals surface area contributed by atoms with Crippen LogP contribution in [0.5, 0.6) is 0 Å². The highest BCUT2D eigenvalue weighted by molar-refractivity contribution is 5.94. The van der Waals surface area contributed by atoms with E-state index < -0.39 is 53.8 Å². The molecule has 8 N–H and O–H groups in total. The van der Waals surface area contributed by atoms with Crippen LogP contribution >= 0.6 is 0 Å². The quantitative estimate of drug-likeness (QED) is 0.206. The molecule has 0 saturated heterocycles. The first kappa shape index (κ1) is 28.6. The Hall–Kier alpha value is -3.47. The van der Waals surface area contributed by atoms with Crippen molar-refractivity contribution in [2.45, 2.75) is 70.6 Å². The number of carboxylic acid groups (broad SMARTS) is 1. The van der Waals surface area contributed by atoms with Crippen LogP contribution in [0.3, 0.4) is 0 Å². The number of carbonyl (C=O) groups excluding carboxylic acids is 4. The molecule has 1 rings (SSSR count). The summed E-state index contributed by atoms with van der Waals surface area (Å²) in [7, 11) is 0. The zero-order chi connectivity index (χ0) is 25.8. The predicted octanol–water partition coefficient (Wildman–Crippen LogP) is -0.573. The lowest BCUT2D eigenvalue weighted by atomic mass is 9.98. The van der Waals surface area contributed by atoms with E-state index in [0.717, 1.165) is 5.56 Å². The van der Waals surface area contributed by atoms with Crippen LogP contribution in [0.2, 0.25) is 0 Å². The lowest BCUT2D eigenvalue weighted by Crippen LogP contribution is -2.57. The first-order valence-electron chi connectivity index (χ1n) is 11.2. The molecule has 5 unspecified atom stereocenters. The fraction of sp³-hybridized carbons (Fsp3) is 0.522. The number of primary amides is 1. The number of hydrogen-bond acceptors (Lipinski definition) is 6. The van der Waals surface area contributed by atoms with Crippen molar-refractivity contribution in [1.29, 1.82) is 0 Å². The fourth-order valence-corrected chi connectivity index (χ4v) is 3.06. The highest BCUT2D eigenvalue weighted by atomic mass is 16.4. The Morgan fingerprint density at radius 3 is 2.03 bits per heavy atom. The highest BCUT2D eigenvalue weighted by Gasteiger charge is 2.29. The van der Waals surface area contributed by atoms with Gasteiger partial charge in [0.2, 0.25) is 23.6 Å². The number of hydrogen-bond donors (Lipinski definition) is 6. The number of carbonyl (C=O) groups is 5. The summed E-state index contributed by atoms with van der Waals surface area (Å²) < 4.78 is 0. The molecule has 11 heteroatoms. The fourth-order valence-electron chi connectivity index (χ4n) is 3.06. The third-order valence-electron chi connectivity index (χ3n) is 5.52. The molecule has 0 aliphatic rings. The van der Waals surface area contributed by atoms with E-state index in [9.17, 15) is 29.1 Å². The van der Waals surface area contributed by atoms with E-state index in [-0.39, 0.29) is 25.2 Å². The van der Waals surface area contributed by atoms with Crippen LogP contribution in [0.1, 0.15) is 45.6 Å². The molecule has 0 aliphatic heterocycles. The van der Waals surface area contributed by atoms with Crippen molar-refractivity contribution in [1.82, 2.24) is 16.0 Å². The average molecular weight is 478 g/mol. The first-order valence-corrected chi connectivity index (χ1v) is 11.2. The third-order valence-corrected chi connectivity index (χ3v) is 5.52. The molecule has 0 spiro atoms. The van der Waals surface area contributed by atoms with E-state index in [1.165, 1.54) is 6.92 Å². The summed E-state index contributed by atoms with van der Waals surface area (Å²) in [6.07, 6.45) is 0.459. The first-order chi connectivity index (χ1) is 16.0. The molecule has 1 aromatic carbocycles. The lowest BCUT2D eigenvalue weighted by Gasteiger charge is -2.24. The van der Waals surface area contributed by atoms with Crippen molar-refractivity contribution in [3.05, 3.63) is 35.9 Å². The summed E-state index contributed by atoms with van der Waals surface area (Å²) in [5.41, 5.74) is 11.8. The van der Waals surface area contributed by atoms with Gasteiger partial charge in [0.1, 0.15) is 18.1 Å². The molecule has 188 valence electrons. The Labute approximate surface area is 199 Å². The van der Waals surface area contributed by atoms with E-state index in [0.29, 0.717) is 6.42 Å². The molecular formula is C23H35N5O6. The van der Waals surface area contributed by atoms with Crippen molar-refractivity contribution >= 4 is 29.6 Å². The second-order valence-corrected chi connectivity index (χ2v) is 8.30. The summed E-state index contributed by atoms with van der Waals surface area (Å²) in [6, 6.07) is 4.47. The molecule has 0 bridgehead atoms. The molecular weight excluding hydrogens is 442 g/mol. The maximum atomic E-state index is 12.8. The second-order valence-electron chi connectivity index (χ2n) is 8.30. The second kappa shape index (κ2) is 13.9. The van der Waals surface area contributed by atoms with Crippen LogP contribution in [0.25, 0.3) is 0 Å². The number of benzene rings is 1. The van der Waals surface area contributed by atoms with Crippen LogP contribution in [0.4, 0.5) is 0 Å². The Morgan fingerprint density at radius 1 is 0.912 bits per heavy atom. The van der Waals surface area contributed by atoms with E-state index in [4.69, 9.17) is 11.5 Å². The Balaban J connectivity index is 2.82. The molecule has 11 nitrogen and oxygen atoms in total. The van der Waals surface area contributed by atoms with Gasteiger partial charge in [-0.15, -0.1) is 0 Å². The monoisotopic (exact) mass is 477 g/mol. The summed E-state index contributed by atoms with van der Waals surface area (Å²) in [5.74, 6) is -4.01. The summed E-state index contributed by atoms with van der Waals surface area (Å²) in [6.45, 7) is 5.05. The minimum atomic E-state index is -1.22. The third kappa shape index (κ3) is 9.57. The van der Waals surface area contributed by atoms with Gasteiger partial charge in [0, 0.05) is 12.8 Å². The van der Waals surface area contributed by atoms with E-state index in [1.807, 2.05) is 6.92 Å². The van der Waals surface area contributed by atoms with Crippen LogP contribution in [-0.4, -0.2) is 58.9 Å². The number of aliphatic carboxylic acids is 1. The number of carboxylic acids is 1. The maximum absolute atomic E-state index is 12.8. The maximum Gasteiger partial charge on any atom is 0.326 e. The molecule has 34 heavy (non-hydrogen) atoms. The lowest BCUT2D eigenvalue weighted by molar-refractivity contribution is -0.142. The molecule has 0 fully saturated rings. The van der Waals surface area contributed by atoms with Crippen LogP contribution in [0.15, 0.2) is 30.3 Å². The predicted molar refractivity (Wildman–Crippen MR) is 125 cm³/mol. The summed E-state index contributed by atoms with van der Waals surface area (Å²) >= 11 is 0. The Morgan fingerprint density at radius 2 is 1.50 bits per heavy atom. The van der Waals surface area contributed by atoms with Gasteiger partial charge in [-0.3, -0.25) is 19.2 Å². The van der Waals surface area contributed by atoms with Gasteiger partial charge in [0.15, 0.2) is 0 Å². The molecule has 4 amide bonds.